The van der Waals surface area contributed by atoms with E-state index in [0.29, 0.717) is 23.5 Å². The van der Waals surface area contributed by atoms with Crippen molar-refractivity contribution >= 4 is 17.5 Å². The molecule has 1 aliphatic heterocycles. The van der Waals surface area contributed by atoms with Crippen LogP contribution in [0.25, 0.3) is 0 Å². The molecule has 1 atom stereocenters. The van der Waals surface area contributed by atoms with Gasteiger partial charge in [0.2, 0.25) is 5.91 Å². The summed E-state index contributed by atoms with van der Waals surface area (Å²) in [6.45, 7) is 3.68. The van der Waals surface area contributed by atoms with Gasteiger partial charge in [-0.1, -0.05) is 0 Å². The van der Waals surface area contributed by atoms with E-state index in [9.17, 15) is 22.8 Å². The van der Waals surface area contributed by atoms with Crippen LogP contribution >= 0.6 is 0 Å². The van der Waals surface area contributed by atoms with E-state index in [1.165, 1.54) is 30.2 Å². The fourth-order valence-electron chi connectivity index (χ4n) is 2.92. The van der Waals surface area contributed by atoms with Crippen molar-refractivity contribution in [1.82, 2.24) is 15.1 Å². The number of nitrogens with one attached hydrogen (secondary N) is 1. The lowest BCUT2D eigenvalue weighted by Gasteiger charge is -2.32. The Morgan fingerprint density at radius 1 is 1.31 bits per heavy atom. The number of rotatable bonds is 3. The summed E-state index contributed by atoms with van der Waals surface area (Å²) in [5, 5.41) is 6.83. The number of hydrogen-bond acceptors (Lipinski definition) is 3. The monoisotopic (exact) mass is 366 g/mol. The quantitative estimate of drug-likeness (QED) is 0.908. The van der Waals surface area contributed by atoms with Crippen molar-refractivity contribution in [3.8, 4) is 0 Å². The second-order valence-corrected chi connectivity index (χ2v) is 6.18. The van der Waals surface area contributed by atoms with Crippen LogP contribution in [0.15, 0.2) is 30.5 Å². The molecule has 0 saturated heterocycles. The second-order valence-electron chi connectivity index (χ2n) is 6.18. The van der Waals surface area contributed by atoms with E-state index in [-0.39, 0.29) is 24.4 Å². The molecule has 0 aliphatic carbocycles. The van der Waals surface area contributed by atoms with Crippen molar-refractivity contribution in [1.29, 1.82) is 0 Å². The molecule has 0 spiro atoms. The molecule has 26 heavy (non-hydrogen) atoms. The summed E-state index contributed by atoms with van der Waals surface area (Å²) in [5.41, 5.74) is 0.508. The van der Waals surface area contributed by atoms with Gasteiger partial charge in [0.15, 0.2) is 0 Å². The van der Waals surface area contributed by atoms with Gasteiger partial charge in [-0.2, -0.15) is 18.3 Å². The Balaban J connectivity index is 1.92. The van der Waals surface area contributed by atoms with E-state index in [0.717, 1.165) is 12.1 Å². The summed E-state index contributed by atoms with van der Waals surface area (Å²) in [6, 6.07) is 4.32. The zero-order valence-electron chi connectivity index (χ0n) is 14.2. The maximum absolute atomic E-state index is 12.9. The third kappa shape index (κ3) is 3.29. The summed E-state index contributed by atoms with van der Waals surface area (Å²) >= 11 is 0. The van der Waals surface area contributed by atoms with Crippen LogP contribution in [0.3, 0.4) is 0 Å². The molecular weight excluding hydrogens is 349 g/mol. The molecule has 1 N–H and O–H groups in total. The maximum Gasteiger partial charge on any atom is 0.416 e. The molecule has 138 valence electrons. The van der Waals surface area contributed by atoms with Crippen LogP contribution in [0.1, 0.15) is 41.5 Å². The predicted molar refractivity (Wildman–Crippen MR) is 87.6 cm³/mol. The highest BCUT2D eigenvalue weighted by atomic mass is 19.4. The summed E-state index contributed by atoms with van der Waals surface area (Å²) in [7, 11) is 0. The van der Waals surface area contributed by atoms with Crippen molar-refractivity contribution in [3.05, 3.63) is 47.3 Å². The van der Waals surface area contributed by atoms with Crippen molar-refractivity contribution < 1.29 is 22.8 Å². The minimum Gasteiger partial charge on any atom is -0.352 e. The van der Waals surface area contributed by atoms with Gasteiger partial charge in [0.25, 0.3) is 5.91 Å². The van der Waals surface area contributed by atoms with E-state index in [1.54, 1.807) is 4.68 Å². The molecule has 1 aliphatic rings. The van der Waals surface area contributed by atoms with Crippen molar-refractivity contribution in [3.63, 3.8) is 0 Å². The zero-order chi connectivity index (χ0) is 19.1. The Morgan fingerprint density at radius 3 is 2.54 bits per heavy atom. The molecule has 1 aromatic heterocycles. The lowest BCUT2D eigenvalue weighted by molar-refractivity contribution is -0.137. The van der Waals surface area contributed by atoms with E-state index < -0.39 is 11.7 Å². The first-order chi connectivity index (χ1) is 12.2. The Labute approximate surface area is 147 Å². The number of amides is 2. The van der Waals surface area contributed by atoms with E-state index in [1.807, 2.05) is 6.92 Å². The minimum atomic E-state index is -4.43. The molecule has 1 aromatic carbocycles. The van der Waals surface area contributed by atoms with Gasteiger partial charge in [0.1, 0.15) is 5.69 Å². The summed E-state index contributed by atoms with van der Waals surface area (Å²) in [6.07, 6.45) is -2.90. The molecule has 2 aromatic rings. The number of fused-ring (bicyclic) bond motifs is 1. The van der Waals surface area contributed by atoms with Crippen LogP contribution in [0.2, 0.25) is 0 Å². The van der Waals surface area contributed by atoms with Crippen LogP contribution < -0.4 is 10.2 Å². The normalized spacial score (nSPS) is 17.2. The molecule has 3 rings (SSSR count). The van der Waals surface area contributed by atoms with Gasteiger partial charge in [-0.25, -0.2) is 0 Å². The molecule has 0 fully saturated rings. The lowest BCUT2D eigenvalue weighted by atomic mass is 10.1. The van der Waals surface area contributed by atoms with Gasteiger partial charge >= 0.3 is 6.18 Å². The molecule has 2 amide bonds. The standard InChI is InChI=1S/C17H17F3N4O2/c1-10-9-23(14-5-3-13(4-6-14)17(18,19)20)16(26)15-12(7-21-11(2)25)8-22-24(10)15/h3-6,8,10H,7,9H2,1-2H3,(H,21,25)/t10-/m0/s1. The van der Waals surface area contributed by atoms with Crippen LogP contribution in [-0.2, 0) is 17.5 Å². The number of carbonyl (C=O) groups excluding carboxylic acids is 2. The molecule has 0 radical (unpaired) electrons. The second kappa shape index (κ2) is 6.47. The largest absolute Gasteiger partial charge is 0.416 e. The molecule has 6 nitrogen and oxygen atoms in total. The highest BCUT2D eigenvalue weighted by Gasteiger charge is 2.34. The van der Waals surface area contributed by atoms with Crippen LogP contribution in [0.5, 0.6) is 0 Å². The van der Waals surface area contributed by atoms with Crippen LogP contribution in [0, 0.1) is 0 Å². The summed E-state index contributed by atoms with van der Waals surface area (Å²) in [4.78, 5) is 25.5. The van der Waals surface area contributed by atoms with E-state index >= 15 is 0 Å². The highest BCUT2D eigenvalue weighted by molar-refractivity contribution is 6.06. The average Bonchev–Trinajstić information content (AvgIpc) is 3.00. The molecule has 2 heterocycles. The third-order valence-electron chi connectivity index (χ3n) is 4.22. The van der Waals surface area contributed by atoms with Gasteiger partial charge in [-0.05, 0) is 31.2 Å². The number of anilines is 1. The Morgan fingerprint density at radius 2 is 1.96 bits per heavy atom. The zero-order valence-corrected chi connectivity index (χ0v) is 14.2. The average molecular weight is 366 g/mol. The fraction of sp³-hybridized carbons (Fsp3) is 0.353. The topological polar surface area (TPSA) is 67.2 Å². The molecule has 9 heteroatoms. The molecule has 0 saturated carbocycles. The SMILES string of the molecule is CC(=O)NCc1cnn2c1C(=O)N(c1ccc(C(F)(F)F)cc1)C[C@@H]2C. The Bertz CT molecular complexity index is 843. The number of carbonyl (C=O) groups is 2. The first-order valence-electron chi connectivity index (χ1n) is 7.98. The molecular formula is C17H17F3N4O2. The van der Waals surface area contributed by atoms with Gasteiger partial charge in [-0.3, -0.25) is 14.3 Å². The number of benzene rings is 1. The summed E-state index contributed by atoms with van der Waals surface area (Å²) < 4.78 is 39.8. The Hall–Kier alpha value is -2.84. The van der Waals surface area contributed by atoms with Crippen molar-refractivity contribution in [2.75, 3.05) is 11.4 Å². The predicted octanol–water partition coefficient (Wildman–Crippen LogP) is 2.76. The van der Waals surface area contributed by atoms with Gasteiger partial charge < -0.3 is 10.2 Å². The lowest BCUT2D eigenvalue weighted by Crippen LogP contribution is -2.43. The smallest absolute Gasteiger partial charge is 0.352 e. The van der Waals surface area contributed by atoms with Crippen LogP contribution in [0.4, 0.5) is 18.9 Å². The van der Waals surface area contributed by atoms with Crippen LogP contribution in [-0.4, -0.2) is 28.1 Å². The summed E-state index contributed by atoms with van der Waals surface area (Å²) in [5.74, 6) is -0.596. The number of aromatic nitrogens is 2. The number of hydrogen-bond donors (Lipinski definition) is 1. The van der Waals surface area contributed by atoms with E-state index in [2.05, 4.69) is 10.4 Å². The van der Waals surface area contributed by atoms with Gasteiger partial charge in [-0.15, -0.1) is 0 Å². The fourth-order valence-corrected chi connectivity index (χ4v) is 2.92. The first kappa shape index (κ1) is 18.0. The maximum atomic E-state index is 12.9. The van der Waals surface area contributed by atoms with Gasteiger partial charge in [0.05, 0.1) is 17.8 Å². The van der Waals surface area contributed by atoms with Gasteiger partial charge in [0, 0.05) is 31.3 Å². The highest BCUT2D eigenvalue weighted by Crippen LogP contribution is 2.32. The van der Waals surface area contributed by atoms with E-state index in [4.69, 9.17) is 0 Å². The first-order valence-corrected chi connectivity index (χ1v) is 7.98. The minimum absolute atomic E-state index is 0.156. The third-order valence-corrected chi connectivity index (χ3v) is 4.22. The number of alkyl halides is 3. The van der Waals surface area contributed by atoms with Crippen molar-refractivity contribution in [2.24, 2.45) is 0 Å². The Kier molecular flexibility index (Phi) is 4.47. The number of nitrogens with zero attached hydrogens (tertiary/aromatic N) is 3. The molecule has 0 unspecified atom stereocenters. The number of halogens is 3. The van der Waals surface area contributed by atoms with Crippen molar-refractivity contribution in [2.45, 2.75) is 32.6 Å². The molecule has 0 bridgehead atoms.